The molecule has 0 saturated carbocycles. The first-order valence-corrected chi connectivity index (χ1v) is 6.02. The van der Waals surface area contributed by atoms with E-state index in [1.165, 1.54) is 5.56 Å². The van der Waals surface area contributed by atoms with Crippen LogP contribution in [0.4, 0.5) is 0 Å². The van der Waals surface area contributed by atoms with Crippen LogP contribution in [0.15, 0.2) is 59.6 Å². The molecule has 0 radical (unpaired) electrons. The van der Waals surface area contributed by atoms with Gasteiger partial charge in [-0.15, -0.1) is 4.99 Å². The molecule has 2 aromatic carbocycles. The summed E-state index contributed by atoms with van der Waals surface area (Å²) >= 11 is 0. The van der Waals surface area contributed by atoms with Gasteiger partial charge in [-0.1, -0.05) is 48.0 Å². The standard InChI is InChI=1S/C16H14N2O/c1-13-7-9-14(10-8-13)11-16(18-12-17)19-15-5-3-2-4-6-15/h2-10H,11H2,1H3. The van der Waals surface area contributed by atoms with Crippen LogP contribution in [0.2, 0.25) is 0 Å². The number of rotatable bonds is 3. The summed E-state index contributed by atoms with van der Waals surface area (Å²) in [6.07, 6.45) is 2.29. The summed E-state index contributed by atoms with van der Waals surface area (Å²) in [4.78, 5) is 3.74. The highest BCUT2D eigenvalue weighted by atomic mass is 16.5. The molecule has 0 unspecified atom stereocenters. The van der Waals surface area contributed by atoms with Crippen molar-refractivity contribution in [2.45, 2.75) is 13.3 Å². The first-order chi connectivity index (χ1) is 9.28. The highest BCUT2D eigenvalue weighted by Crippen LogP contribution is 2.11. The van der Waals surface area contributed by atoms with Crippen molar-refractivity contribution in [1.29, 1.82) is 5.26 Å². The Hall–Kier alpha value is -2.60. The van der Waals surface area contributed by atoms with Crippen LogP contribution in [0.3, 0.4) is 0 Å². The van der Waals surface area contributed by atoms with Crippen molar-refractivity contribution < 1.29 is 4.74 Å². The van der Waals surface area contributed by atoms with Crippen LogP contribution in [-0.2, 0) is 6.42 Å². The fraction of sp³-hybridized carbons (Fsp3) is 0.125. The fourth-order valence-electron chi connectivity index (χ4n) is 1.66. The van der Waals surface area contributed by atoms with Gasteiger partial charge >= 0.3 is 0 Å². The lowest BCUT2D eigenvalue weighted by Gasteiger charge is -2.07. The van der Waals surface area contributed by atoms with Gasteiger partial charge in [-0.2, -0.15) is 5.26 Å². The zero-order chi connectivity index (χ0) is 13.5. The molecule has 3 nitrogen and oxygen atoms in total. The average Bonchev–Trinajstić information content (AvgIpc) is 2.43. The monoisotopic (exact) mass is 250 g/mol. The van der Waals surface area contributed by atoms with Crippen molar-refractivity contribution in [1.82, 2.24) is 0 Å². The van der Waals surface area contributed by atoms with Gasteiger partial charge in [0.25, 0.3) is 0 Å². The van der Waals surface area contributed by atoms with E-state index in [1.54, 1.807) is 6.19 Å². The van der Waals surface area contributed by atoms with Crippen molar-refractivity contribution in [3.05, 3.63) is 65.7 Å². The number of nitriles is 1. The lowest BCUT2D eigenvalue weighted by atomic mass is 10.1. The highest BCUT2D eigenvalue weighted by molar-refractivity contribution is 5.81. The molecule has 19 heavy (non-hydrogen) atoms. The molecule has 2 aromatic rings. The van der Waals surface area contributed by atoms with Crippen LogP contribution in [0, 0.1) is 18.4 Å². The Morgan fingerprint density at radius 2 is 1.79 bits per heavy atom. The number of ether oxygens (including phenoxy) is 1. The average molecular weight is 250 g/mol. The first kappa shape index (κ1) is 12.8. The third kappa shape index (κ3) is 3.97. The number of nitrogens with zero attached hydrogens (tertiary/aromatic N) is 2. The SMILES string of the molecule is Cc1ccc(CC(=NC#N)Oc2ccccc2)cc1. The third-order valence-electron chi connectivity index (χ3n) is 2.63. The van der Waals surface area contributed by atoms with Crippen molar-refractivity contribution in [2.24, 2.45) is 4.99 Å². The molecule has 0 saturated heterocycles. The van der Waals surface area contributed by atoms with Crippen LogP contribution < -0.4 is 4.74 Å². The zero-order valence-corrected chi connectivity index (χ0v) is 10.7. The second-order valence-corrected chi connectivity index (χ2v) is 4.18. The second-order valence-electron chi connectivity index (χ2n) is 4.18. The molecule has 0 spiro atoms. The van der Waals surface area contributed by atoms with E-state index in [0.29, 0.717) is 18.1 Å². The number of hydrogen-bond acceptors (Lipinski definition) is 3. The van der Waals surface area contributed by atoms with Crippen molar-refractivity contribution in [3.8, 4) is 11.9 Å². The molecule has 0 aliphatic heterocycles. The summed E-state index contributed by atoms with van der Waals surface area (Å²) in [7, 11) is 0. The minimum absolute atomic E-state index is 0.401. The topological polar surface area (TPSA) is 45.4 Å². The third-order valence-corrected chi connectivity index (χ3v) is 2.63. The van der Waals surface area contributed by atoms with Gasteiger partial charge in [-0.25, -0.2) is 0 Å². The lowest BCUT2D eigenvalue weighted by molar-refractivity contribution is 0.538. The minimum atomic E-state index is 0.401. The summed E-state index contributed by atoms with van der Waals surface area (Å²) in [5.74, 6) is 1.08. The lowest BCUT2D eigenvalue weighted by Crippen LogP contribution is -2.11. The number of para-hydroxylation sites is 1. The Balaban J connectivity index is 2.11. The van der Waals surface area contributed by atoms with Crippen molar-refractivity contribution in [2.75, 3.05) is 0 Å². The first-order valence-electron chi connectivity index (χ1n) is 6.02. The predicted molar refractivity (Wildman–Crippen MR) is 75.0 cm³/mol. The highest BCUT2D eigenvalue weighted by Gasteiger charge is 2.04. The number of benzene rings is 2. The van der Waals surface area contributed by atoms with Gasteiger partial charge in [0.15, 0.2) is 0 Å². The van der Waals surface area contributed by atoms with Gasteiger partial charge in [-0.05, 0) is 24.6 Å². The smallest absolute Gasteiger partial charge is 0.210 e. The van der Waals surface area contributed by atoms with Gasteiger partial charge in [-0.3, -0.25) is 0 Å². The molecule has 0 aliphatic rings. The molecular weight excluding hydrogens is 236 g/mol. The molecule has 0 N–H and O–H groups in total. The van der Waals surface area contributed by atoms with Crippen LogP contribution in [0.1, 0.15) is 11.1 Å². The van der Waals surface area contributed by atoms with Gasteiger partial charge in [0.2, 0.25) is 12.1 Å². The molecule has 2 rings (SSSR count). The van der Waals surface area contributed by atoms with Gasteiger partial charge < -0.3 is 4.74 Å². The summed E-state index contributed by atoms with van der Waals surface area (Å²) in [5, 5.41) is 8.72. The quantitative estimate of drug-likeness (QED) is 0.475. The van der Waals surface area contributed by atoms with Crippen LogP contribution >= 0.6 is 0 Å². The van der Waals surface area contributed by atoms with E-state index in [0.717, 1.165) is 5.56 Å². The Kier molecular flexibility index (Phi) is 4.30. The molecule has 0 aliphatic carbocycles. The van der Waals surface area contributed by atoms with E-state index in [1.807, 2.05) is 61.5 Å². The largest absolute Gasteiger partial charge is 0.442 e. The van der Waals surface area contributed by atoms with Crippen LogP contribution in [-0.4, -0.2) is 5.90 Å². The maximum atomic E-state index is 8.72. The molecule has 3 heteroatoms. The molecule has 0 bridgehead atoms. The van der Waals surface area contributed by atoms with Crippen molar-refractivity contribution >= 4 is 5.90 Å². The Morgan fingerprint density at radius 1 is 1.11 bits per heavy atom. The molecule has 94 valence electrons. The van der Waals surface area contributed by atoms with E-state index in [4.69, 9.17) is 10.00 Å². The fourth-order valence-corrected chi connectivity index (χ4v) is 1.66. The summed E-state index contributed by atoms with van der Waals surface area (Å²) in [5.41, 5.74) is 2.27. The van der Waals surface area contributed by atoms with Gasteiger partial charge in [0.05, 0.1) is 6.42 Å². The molecular formula is C16H14N2O. The van der Waals surface area contributed by atoms with Crippen LogP contribution in [0.5, 0.6) is 5.75 Å². The number of aryl methyl sites for hydroxylation is 1. The maximum Gasteiger partial charge on any atom is 0.210 e. The molecule has 0 fully saturated rings. The maximum absolute atomic E-state index is 8.72. The molecule has 0 atom stereocenters. The summed E-state index contributed by atoms with van der Waals surface area (Å²) < 4.78 is 5.62. The van der Waals surface area contributed by atoms with Gasteiger partial charge in [0.1, 0.15) is 5.75 Å². The van der Waals surface area contributed by atoms with E-state index in [2.05, 4.69) is 4.99 Å². The summed E-state index contributed by atoms with van der Waals surface area (Å²) in [6, 6.07) is 17.4. The zero-order valence-electron chi connectivity index (χ0n) is 10.7. The van der Waals surface area contributed by atoms with Gasteiger partial charge in [0, 0.05) is 0 Å². The molecule has 0 amide bonds. The second kappa shape index (κ2) is 6.36. The number of hydrogen-bond donors (Lipinski definition) is 0. The van der Waals surface area contributed by atoms with Crippen molar-refractivity contribution in [3.63, 3.8) is 0 Å². The Bertz CT molecular complexity index is 595. The van der Waals surface area contributed by atoms with E-state index >= 15 is 0 Å². The van der Waals surface area contributed by atoms with E-state index in [9.17, 15) is 0 Å². The summed E-state index contributed by atoms with van der Waals surface area (Å²) in [6.45, 7) is 2.04. The van der Waals surface area contributed by atoms with E-state index in [-0.39, 0.29) is 0 Å². The molecule has 0 heterocycles. The Labute approximate surface area is 112 Å². The number of aliphatic imine (C=N–C) groups is 1. The molecule has 0 aromatic heterocycles. The predicted octanol–water partition coefficient (Wildman–Crippen LogP) is 3.50. The minimum Gasteiger partial charge on any atom is -0.442 e. The Morgan fingerprint density at radius 3 is 2.42 bits per heavy atom. The van der Waals surface area contributed by atoms with E-state index < -0.39 is 0 Å². The normalized spacial score (nSPS) is 10.8. The van der Waals surface area contributed by atoms with Crippen LogP contribution in [0.25, 0.3) is 0 Å².